The van der Waals surface area contributed by atoms with Crippen LogP contribution in [0.5, 0.6) is 11.5 Å². The van der Waals surface area contributed by atoms with Crippen molar-refractivity contribution in [2.75, 3.05) is 19.9 Å². The van der Waals surface area contributed by atoms with Gasteiger partial charge in [0.25, 0.3) is 11.8 Å². The molecule has 31 heavy (non-hydrogen) atoms. The topological polar surface area (TPSA) is 94.2 Å². The molecule has 2 aliphatic heterocycles. The zero-order valence-corrected chi connectivity index (χ0v) is 17.0. The number of benzene rings is 2. The molecule has 2 aromatic carbocycles. The average molecular weight is 424 g/mol. The van der Waals surface area contributed by atoms with Crippen LogP contribution in [-0.2, 0) is 20.9 Å². The number of esters is 1. The number of amides is 2. The second-order valence-corrected chi connectivity index (χ2v) is 7.45. The summed E-state index contributed by atoms with van der Waals surface area (Å²) in [6.45, 7) is 0.554. The van der Waals surface area contributed by atoms with E-state index >= 15 is 0 Å². The van der Waals surface area contributed by atoms with Gasteiger partial charge >= 0.3 is 5.97 Å². The molecule has 2 aliphatic rings. The van der Waals surface area contributed by atoms with E-state index in [0.29, 0.717) is 30.0 Å². The molecule has 0 radical (unpaired) electrons. The Bertz CT molecular complexity index is 962. The number of nitrogens with one attached hydrogen (secondary N) is 1. The van der Waals surface area contributed by atoms with Crippen LogP contribution < -0.4 is 14.8 Å². The minimum atomic E-state index is -0.678. The first-order valence-electron chi connectivity index (χ1n) is 10.3. The summed E-state index contributed by atoms with van der Waals surface area (Å²) in [5.74, 6) is 0.143. The van der Waals surface area contributed by atoms with Crippen molar-refractivity contribution in [1.29, 1.82) is 0 Å². The fourth-order valence-corrected chi connectivity index (χ4v) is 3.70. The Morgan fingerprint density at radius 3 is 2.68 bits per heavy atom. The van der Waals surface area contributed by atoms with Crippen LogP contribution in [0.1, 0.15) is 35.2 Å². The Balaban J connectivity index is 1.28. The molecule has 1 saturated heterocycles. The van der Waals surface area contributed by atoms with Crippen molar-refractivity contribution in [3.63, 3.8) is 0 Å². The van der Waals surface area contributed by atoms with E-state index in [1.54, 1.807) is 41.3 Å². The second-order valence-electron chi connectivity index (χ2n) is 7.45. The summed E-state index contributed by atoms with van der Waals surface area (Å²) in [5, 5.41) is 2.72. The summed E-state index contributed by atoms with van der Waals surface area (Å²) in [5.41, 5.74) is 1.37. The molecule has 2 aromatic rings. The van der Waals surface area contributed by atoms with E-state index in [-0.39, 0.29) is 19.2 Å². The zero-order valence-electron chi connectivity index (χ0n) is 17.0. The van der Waals surface area contributed by atoms with E-state index in [9.17, 15) is 14.4 Å². The summed E-state index contributed by atoms with van der Waals surface area (Å²) in [4.78, 5) is 39.1. The Morgan fingerprint density at radius 1 is 1.03 bits per heavy atom. The Morgan fingerprint density at radius 2 is 1.84 bits per heavy atom. The number of nitrogens with zero attached hydrogens (tertiary/aromatic N) is 1. The van der Waals surface area contributed by atoms with Crippen LogP contribution >= 0.6 is 0 Å². The van der Waals surface area contributed by atoms with Crippen LogP contribution in [0.3, 0.4) is 0 Å². The Labute approximate surface area is 180 Å². The van der Waals surface area contributed by atoms with Crippen molar-refractivity contribution < 1.29 is 28.6 Å². The minimum Gasteiger partial charge on any atom is -0.454 e. The van der Waals surface area contributed by atoms with E-state index in [2.05, 4.69) is 5.32 Å². The number of ether oxygens (including phenoxy) is 3. The van der Waals surface area contributed by atoms with E-state index in [0.717, 1.165) is 18.4 Å². The van der Waals surface area contributed by atoms with Gasteiger partial charge in [0, 0.05) is 18.7 Å². The van der Waals surface area contributed by atoms with Gasteiger partial charge in [0.1, 0.15) is 6.04 Å². The molecule has 4 rings (SSSR count). The molecule has 162 valence electrons. The molecule has 1 fully saturated rings. The molecule has 2 amide bonds. The third-order valence-corrected chi connectivity index (χ3v) is 5.33. The highest BCUT2D eigenvalue weighted by atomic mass is 16.7. The largest absolute Gasteiger partial charge is 0.454 e. The van der Waals surface area contributed by atoms with Gasteiger partial charge < -0.3 is 24.4 Å². The van der Waals surface area contributed by atoms with Crippen molar-refractivity contribution in [3.8, 4) is 11.5 Å². The maximum Gasteiger partial charge on any atom is 0.329 e. The lowest BCUT2D eigenvalue weighted by molar-refractivity contribution is -0.154. The van der Waals surface area contributed by atoms with E-state index < -0.39 is 24.5 Å². The second kappa shape index (κ2) is 9.51. The fraction of sp³-hybridized carbons (Fsp3) is 0.348. The van der Waals surface area contributed by atoms with Crippen molar-refractivity contribution in [3.05, 3.63) is 59.7 Å². The standard InChI is InChI=1S/C23H24N2O6/c26-21(24-13-16-9-10-19-20(12-16)31-15-30-19)14-29-23(28)18-8-4-5-11-25(18)22(27)17-6-2-1-3-7-17/h1-3,6-7,9-10,12,18H,4-5,8,11,13-15H2,(H,24,26). The third kappa shape index (κ3) is 4.96. The van der Waals surface area contributed by atoms with Crippen LogP contribution in [0.2, 0.25) is 0 Å². The zero-order chi connectivity index (χ0) is 21.6. The van der Waals surface area contributed by atoms with Crippen LogP contribution in [0, 0.1) is 0 Å². The molecule has 8 heteroatoms. The van der Waals surface area contributed by atoms with Gasteiger partial charge in [-0.25, -0.2) is 4.79 Å². The first-order valence-corrected chi connectivity index (χ1v) is 10.3. The summed E-state index contributed by atoms with van der Waals surface area (Å²) in [6, 6.07) is 13.6. The van der Waals surface area contributed by atoms with Crippen molar-refractivity contribution in [1.82, 2.24) is 10.2 Å². The molecule has 0 aromatic heterocycles. The summed E-state index contributed by atoms with van der Waals surface area (Å²) < 4.78 is 15.8. The molecule has 8 nitrogen and oxygen atoms in total. The van der Waals surface area contributed by atoms with Gasteiger partial charge in [0.2, 0.25) is 6.79 Å². The summed E-state index contributed by atoms with van der Waals surface area (Å²) in [7, 11) is 0. The number of rotatable bonds is 6. The number of fused-ring (bicyclic) bond motifs is 1. The van der Waals surface area contributed by atoms with E-state index in [4.69, 9.17) is 14.2 Å². The first-order chi connectivity index (χ1) is 15.1. The molecule has 0 bridgehead atoms. The van der Waals surface area contributed by atoms with Crippen molar-refractivity contribution >= 4 is 17.8 Å². The molecule has 0 aliphatic carbocycles. The molecule has 1 atom stereocenters. The van der Waals surface area contributed by atoms with Gasteiger partial charge in [-0.3, -0.25) is 9.59 Å². The predicted octanol–water partition coefficient (Wildman–Crippen LogP) is 2.27. The molecule has 0 saturated carbocycles. The molecule has 1 N–H and O–H groups in total. The van der Waals surface area contributed by atoms with Gasteiger partial charge in [-0.1, -0.05) is 24.3 Å². The van der Waals surface area contributed by atoms with Crippen molar-refractivity contribution in [2.24, 2.45) is 0 Å². The SMILES string of the molecule is O=C(COC(=O)C1CCCCN1C(=O)c1ccccc1)NCc1ccc2c(c1)OCO2. The van der Waals surface area contributed by atoms with Gasteiger partial charge in [-0.15, -0.1) is 0 Å². The minimum absolute atomic E-state index is 0.187. The van der Waals surface area contributed by atoms with Crippen LogP contribution in [0.25, 0.3) is 0 Å². The lowest BCUT2D eigenvalue weighted by Gasteiger charge is -2.34. The number of piperidine rings is 1. The number of carbonyl (C=O) groups excluding carboxylic acids is 3. The maximum atomic E-state index is 12.8. The normalized spacial score (nSPS) is 17.2. The summed E-state index contributed by atoms with van der Waals surface area (Å²) in [6.07, 6.45) is 2.18. The monoisotopic (exact) mass is 424 g/mol. The lowest BCUT2D eigenvalue weighted by Crippen LogP contribution is -2.49. The number of hydrogen-bond acceptors (Lipinski definition) is 6. The number of carbonyl (C=O) groups is 3. The number of hydrogen-bond donors (Lipinski definition) is 1. The van der Waals surface area contributed by atoms with E-state index in [1.165, 1.54) is 0 Å². The van der Waals surface area contributed by atoms with Crippen molar-refractivity contribution in [2.45, 2.75) is 31.8 Å². The molecular formula is C23H24N2O6. The van der Waals surface area contributed by atoms with Crippen LogP contribution in [0.4, 0.5) is 0 Å². The third-order valence-electron chi connectivity index (χ3n) is 5.33. The van der Waals surface area contributed by atoms with Gasteiger partial charge in [-0.05, 0) is 49.1 Å². The van der Waals surface area contributed by atoms with Crippen LogP contribution in [0.15, 0.2) is 48.5 Å². The smallest absolute Gasteiger partial charge is 0.329 e. The highest BCUT2D eigenvalue weighted by molar-refractivity contribution is 5.97. The first kappa shape index (κ1) is 20.7. The van der Waals surface area contributed by atoms with Gasteiger partial charge in [0.05, 0.1) is 0 Å². The summed E-state index contributed by atoms with van der Waals surface area (Å²) >= 11 is 0. The highest BCUT2D eigenvalue weighted by Crippen LogP contribution is 2.32. The Hall–Kier alpha value is -3.55. The molecule has 1 unspecified atom stereocenters. The van der Waals surface area contributed by atoms with Gasteiger partial charge in [0.15, 0.2) is 18.1 Å². The number of likely N-dealkylation sites (tertiary alicyclic amines) is 1. The highest BCUT2D eigenvalue weighted by Gasteiger charge is 2.34. The van der Waals surface area contributed by atoms with E-state index in [1.807, 2.05) is 12.1 Å². The fourth-order valence-electron chi connectivity index (χ4n) is 3.70. The average Bonchev–Trinajstić information content (AvgIpc) is 3.29. The molecular weight excluding hydrogens is 400 g/mol. The predicted molar refractivity (Wildman–Crippen MR) is 110 cm³/mol. The lowest BCUT2D eigenvalue weighted by atomic mass is 10.0. The quantitative estimate of drug-likeness (QED) is 0.715. The van der Waals surface area contributed by atoms with Gasteiger partial charge in [-0.2, -0.15) is 0 Å². The maximum absolute atomic E-state index is 12.8. The van der Waals surface area contributed by atoms with Crippen LogP contribution in [-0.4, -0.2) is 48.7 Å². The molecule has 2 heterocycles. The molecule has 0 spiro atoms. The Kier molecular flexibility index (Phi) is 6.35.